The van der Waals surface area contributed by atoms with E-state index >= 15 is 0 Å². The Kier molecular flexibility index (Phi) is 5.02. The molecule has 1 aromatic rings. The van der Waals surface area contributed by atoms with E-state index in [1.54, 1.807) is 6.92 Å². The summed E-state index contributed by atoms with van der Waals surface area (Å²) in [5.41, 5.74) is 0.672. The average molecular weight is 298 g/mol. The van der Waals surface area contributed by atoms with Crippen molar-refractivity contribution >= 4 is 23.4 Å². The number of carbonyl (C=O) groups is 2. The van der Waals surface area contributed by atoms with Crippen molar-refractivity contribution in [1.29, 1.82) is 0 Å². The normalized spacial score (nSPS) is 19.1. The summed E-state index contributed by atoms with van der Waals surface area (Å²) in [4.78, 5) is 25.2. The van der Waals surface area contributed by atoms with Crippen LogP contribution in [-0.2, 0) is 4.79 Å². The zero-order valence-corrected chi connectivity index (χ0v) is 12.2. The van der Waals surface area contributed by atoms with Crippen LogP contribution >= 0.6 is 11.5 Å². The molecule has 0 aliphatic carbocycles. The van der Waals surface area contributed by atoms with Crippen LogP contribution in [0.15, 0.2) is 0 Å². The molecular weight excluding hydrogens is 280 g/mol. The van der Waals surface area contributed by atoms with Gasteiger partial charge in [-0.15, -0.1) is 5.10 Å². The molecule has 110 valence electrons. The second-order valence-corrected chi connectivity index (χ2v) is 5.73. The highest BCUT2D eigenvalue weighted by Crippen LogP contribution is 2.20. The number of aliphatic carboxylic acids is 1. The second kappa shape index (κ2) is 6.76. The summed E-state index contributed by atoms with van der Waals surface area (Å²) < 4.78 is 3.79. The molecule has 7 nitrogen and oxygen atoms in total. The number of amides is 1. The molecule has 0 spiro atoms. The Labute approximate surface area is 121 Å². The van der Waals surface area contributed by atoms with Crippen LogP contribution in [0.3, 0.4) is 0 Å². The zero-order valence-electron chi connectivity index (χ0n) is 11.3. The number of hydrogen-bond donors (Lipinski definition) is 2. The molecular formula is C12H18N4O3S. The molecule has 1 saturated heterocycles. The predicted molar refractivity (Wildman–Crippen MR) is 73.8 cm³/mol. The Morgan fingerprint density at radius 3 is 3.00 bits per heavy atom. The summed E-state index contributed by atoms with van der Waals surface area (Å²) in [7, 11) is 0. The Morgan fingerprint density at radius 1 is 1.55 bits per heavy atom. The molecule has 1 fully saturated rings. The number of aryl methyl sites for hydroxylation is 1. The number of carbonyl (C=O) groups excluding carboxylic acids is 1. The van der Waals surface area contributed by atoms with E-state index in [1.165, 1.54) is 0 Å². The van der Waals surface area contributed by atoms with Crippen LogP contribution in [0, 0.1) is 12.8 Å². The van der Waals surface area contributed by atoms with Gasteiger partial charge in [-0.25, -0.2) is 0 Å². The fraction of sp³-hybridized carbons (Fsp3) is 0.667. The van der Waals surface area contributed by atoms with Crippen LogP contribution in [0.1, 0.15) is 28.2 Å². The SMILES string of the molecule is Cc1nnsc1C(=O)N1CCCC(CNCC(=O)O)C1. The first kappa shape index (κ1) is 14.9. The standard InChI is InChI=1S/C12H18N4O3S/c1-8-11(20-15-14-8)12(19)16-4-2-3-9(7-16)5-13-6-10(17)18/h9,13H,2-7H2,1H3,(H,17,18). The van der Waals surface area contributed by atoms with E-state index in [1.807, 2.05) is 4.90 Å². The van der Waals surface area contributed by atoms with Crippen LogP contribution in [-0.4, -0.2) is 57.6 Å². The molecule has 1 aromatic heterocycles. The third kappa shape index (κ3) is 3.73. The molecule has 2 N–H and O–H groups in total. The molecule has 0 bridgehead atoms. The smallest absolute Gasteiger partial charge is 0.317 e. The molecule has 1 aliphatic heterocycles. The molecule has 2 heterocycles. The number of piperidine rings is 1. The third-order valence-corrected chi connectivity index (χ3v) is 4.18. The summed E-state index contributed by atoms with van der Waals surface area (Å²) >= 11 is 1.13. The maximum Gasteiger partial charge on any atom is 0.317 e. The molecule has 0 radical (unpaired) electrons. The minimum Gasteiger partial charge on any atom is -0.480 e. The van der Waals surface area contributed by atoms with E-state index in [4.69, 9.17) is 5.11 Å². The van der Waals surface area contributed by atoms with Gasteiger partial charge in [-0.3, -0.25) is 9.59 Å². The van der Waals surface area contributed by atoms with Gasteiger partial charge >= 0.3 is 5.97 Å². The van der Waals surface area contributed by atoms with Crippen molar-refractivity contribution in [2.75, 3.05) is 26.2 Å². The molecule has 20 heavy (non-hydrogen) atoms. The maximum atomic E-state index is 12.4. The lowest BCUT2D eigenvalue weighted by atomic mass is 9.98. The number of likely N-dealkylation sites (tertiary alicyclic amines) is 1. The largest absolute Gasteiger partial charge is 0.480 e. The number of nitrogens with one attached hydrogen (secondary N) is 1. The van der Waals surface area contributed by atoms with Crippen LogP contribution in [0.4, 0.5) is 0 Å². The molecule has 8 heteroatoms. The molecule has 1 amide bonds. The number of rotatable bonds is 5. The number of hydrogen-bond acceptors (Lipinski definition) is 6. The topological polar surface area (TPSA) is 95.4 Å². The van der Waals surface area contributed by atoms with Crippen molar-refractivity contribution in [2.24, 2.45) is 5.92 Å². The van der Waals surface area contributed by atoms with E-state index < -0.39 is 5.97 Å². The summed E-state index contributed by atoms with van der Waals surface area (Å²) in [5.74, 6) is -0.575. The van der Waals surface area contributed by atoms with E-state index in [-0.39, 0.29) is 12.5 Å². The fourth-order valence-electron chi connectivity index (χ4n) is 2.37. The van der Waals surface area contributed by atoms with Crippen molar-refractivity contribution in [2.45, 2.75) is 19.8 Å². The minimum absolute atomic E-state index is 0.0135. The van der Waals surface area contributed by atoms with Gasteiger partial charge in [0.1, 0.15) is 4.88 Å². The number of carboxylic acid groups (broad SMARTS) is 1. The maximum absolute atomic E-state index is 12.4. The highest BCUT2D eigenvalue weighted by Gasteiger charge is 2.26. The first-order valence-corrected chi connectivity index (χ1v) is 7.36. The molecule has 0 aromatic carbocycles. The van der Waals surface area contributed by atoms with Gasteiger partial charge < -0.3 is 15.3 Å². The Hall–Kier alpha value is -1.54. The summed E-state index contributed by atoms with van der Waals surface area (Å²) in [6.45, 7) is 3.76. The molecule has 2 rings (SSSR count). The lowest BCUT2D eigenvalue weighted by Gasteiger charge is -2.32. The number of nitrogens with zero attached hydrogens (tertiary/aromatic N) is 3. The van der Waals surface area contributed by atoms with Crippen LogP contribution in [0.5, 0.6) is 0 Å². The lowest BCUT2D eigenvalue weighted by Crippen LogP contribution is -2.43. The van der Waals surface area contributed by atoms with Crippen LogP contribution in [0.25, 0.3) is 0 Å². The quantitative estimate of drug-likeness (QED) is 0.815. The highest BCUT2D eigenvalue weighted by molar-refractivity contribution is 7.07. The van der Waals surface area contributed by atoms with Crippen molar-refractivity contribution < 1.29 is 14.7 Å². The summed E-state index contributed by atoms with van der Waals surface area (Å²) in [6.07, 6.45) is 1.95. The van der Waals surface area contributed by atoms with Crippen molar-refractivity contribution in [3.63, 3.8) is 0 Å². The molecule has 1 aliphatic rings. The highest BCUT2D eigenvalue weighted by atomic mass is 32.1. The predicted octanol–water partition coefficient (Wildman–Crippen LogP) is 0.373. The number of aromatic nitrogens is 2. The monoisotopic (exact) mass is 298 g/mol. The fourth-order valence-corrected chi connectivity index (χ4v) is 3.00. The van der Waals surface area contributed by atoms with Gasteiger partial charge in [-0.1, -0.05) is 4.49 Å². The van der Waals surface area contributed by atoms with E-state index in [9.17, 15) is 9.59 Å². The molecule has 1 atom stereocenters. The molecule has 1 unspecified atom stereocenters. The Balaban J connectivity index is 1.88. The third-order valence-electron chi connectivity index (χ3n) is 3.36. The van der Waals surface area contributed by atoms with Crippen LogP contribution < -0.4 is 5.32 Å². The van der Waals surface area contributed by atoms with Gasteiger partial charge in [-0.05, 0) is 37.2 Å². The Morgan fingerprint density at radius 2 is 2.35 bits per heavy atom. The van der Waals surface area contributed by atoms with Crippen molar-refractivity contribution in [3.8, 4) is 0 Å². The Bertz CT molecular complexity index is 491. The molecule has 0 saturated carbocycles. The van der Waals surface area contributed by atoms with E-state index in [2.05, 4.69) is 14.9 Å². The van der Waals surface area contributed by atoms with Crippen molar-refractivity contribution in [1.82, 2.24) is 19.8 Å². The van der Waals surface area contributed by atoms with Crippen LogP contribution in [0.2, 0.25) is 0 Å². The van der Waals surface area contributed by atoms with Gasteiger partial charge in [0.15, 0.2) is 0 Å². The minimum atomic E-state index is -0.861. The first-order valence-electron chi connectivity index (χ1n) is 6.58. The van der Waals surface area contributed by atoms with Crippen molar-refractivity contribution in [3.05, 3.63) is 10.6 Å². The lowest BCUT2D eigenvalue weighted by molar-refractivity contribution is -0.136. The van der Waals surface area contributed by atoms with Gasteiger partial charge in [0, 0.05) is 19.6 Å². The second-order valence-electron chi connectivity index (χ2n) is 4.97. The summed E-state index contributed by atoms with van der Waals surface area (Å²) in [6, 6.07) is 0. The number of carboxylic acids is 1. The van der Waals surface area contributed by atoms with E-state index in [0.29, 0.717) is 29.6 Å². The van der Waals surface area contributed by atoms with E-state index in [0.717, 1.165) is 30.9 Å². The van der Waals surface area contributed by atoms with Gasteiger partial charge in [-0.2, -0.15) is 0 Å². The van der Waals surface area contributed by atoms with Gasteiger partial charge in [0.05, 0.1) is 12.2 Å². The zero-order chi connectivity index (χ0) is 14.5. The summed E-state index contributed by atoms with van der Waals surface area (Å²) in [5, 5.41) is 15.4. The van der Waals surface area contributed by atoms with Gasteiger partial charge in [0.25, 0.3) is 5.91 Å². The van der Waals surface area contributed by atoms with Gasteiger partial charge in [0.2, 0.25) is 0 Å². The first-order chi connectivity index (χ1) is 9.58. The average Bonchev–Trinajstić information content (AvgIpc) is 2.84.